The minimum Gasteiger partial charge on any atom is -0.386 e. The minimum atomic E-state index is -0.486. The van der Waals surface area contributed by atoms with Crippen LogP contribution in [0.3, 0.4) is 0 Å². The Bertz CT molecular complexity index is 356. The summed E-state index contributed by atoms with van der Waals surface area (Å²) in [7, 11) is 0. The summed E-state index contributed by atoms with van der Waals surface area (Å²) in [5, 5.41) is 10.1. The Morgan fingerprint density at radius 2 is 2.12 bits per heavy atom. The van der Waals surface area contributed by atoms with E-state index in [1.165, 1.54) is 12.0 Å². The Morgan fingerprint density at radius 1 is 1.38 bits per heavy atom. The Morgan fingerprint density at radius 3 is 2.75 bits per heavy atom. The van der Waals surface area contributed by atoms with Crippen LogP contribution in [0.1, 0.15) is 42.1 Å². The summed E-state index contributed by atoms with van der Waals surface area (Å²) in [6.07, 6.45) is 3.48. The van der Waals surface area contributed by atoms with Crippen LogP contribution in [0, 0.1) is 13.8 Å². The molecule has 1 saturated carbocycles. The summed E-state index contributed by atoms with van der Waals surface area (Å²) >= 11 is 0. The molecule has 1 N–H and O–H groups in total. The van der Waals surface area contributed by atoms with Gasteiger partial charge in [-0.2, -0.15) is 0 Å². The van der Waals surface area contributed by atoms with Crippen molar-refractivity contribution in [2.75, 3.05) is 6.61 Å². The zero-order chi connectivity index (χ0) is 11.5. The van der Waals surface area contributed by atoms with Crippen molar-refractivity contribution in [3.05, 3.63) is 34.9 Å². The maximum atomic E-state index is 10.1. The van der Waals surface area contributed by atoms with E-state index in [2.05, 4.69) is 12.1 Å². The predicted molar refractivity (Wildman–Crippen MR) is 64.5 cm³/mol. The molecule has 1 aromatic carbocycles. The molecule has 0 spiro atoms. The van der Waals surface area contributed by atoms with E-state index in [1.807, 2.05) is 19.9 Å². The highest BCUT2D eigenvalue weighted by molar-refractivity contribution is 5.32. The number of aryl methyl sites for hydroxylation is 2. The van der Waals surface area contributed by atoms with E-state index in [1.54, 1.807) is 0 Å². The van der Waals surface area contributed by atoms with Crippen molar-refractivity contribution < 1.29 is 9.84 Å². The van der Waals surface area contributed by atoms with Crippen molar-refractivity contribution >= 4 is 0 Å². The van der Waals surface area contributed by atoms with Gasteiger partial charge in [-0.1, -0.05) is 23.8 Å². The zero-order valence-electron chi connectivity index (χ0n) is 10.1. The molecule has 0 radical (unpaired) electrons. The van der Waals surface area contributed by atoms with Gasteiger partial charge in [0.05, 0.1) is 12.7 Å². The van der Waals surface area contributed by atoms with Crippen molar-refractivity contribution in [1.82, 2.24) is 0 Å². The van der Waals surface area contributed by atoms with Crippen LogP contribution < -0.4 is 0 Å². The number of benzene rings is 1. The Labute approximate surface area is 97.3 Å². The molecule has 1 aliphatic carbocycles. The standard InChI is InChI=1S/C14H20O2/c1-10-6-7-11(2)13(8-10)14(15)9-16-12-4-3-5-12/h6-8,12,14-15H,3-5,9H2,1-2H3. The van der Waals surface area contributed by atoms with Crippen molar-refractivity contribution in [2.24, 2.45) is 0 Å². The number of aliphatic hydroxyl groups excluding tert-OH is 1. The molecule has 1 fully saturated rings. The van der Waals surface area contributed by atoms with E-state index < -0.39 is 6.10 Å². The summed E-state index contributed by atoms with van der Waals surface area (Å²) in [6, 6.07) is 6.17. The number of aliphatic hydroxyl groups is 1. The van der Waals surface area contributed by atoms with Gasteiger partial charge in [-0.25, -0.2) is 0 Å². The smallest absolute Gasteiger partial charge is 0.103 e. The first-order valence-corrected chi connectivity index (χ1v) is 6.03. The Kier molecular flexibility index (Phi) is 3.62. The third-order valence-corrected chi connectivity index (χ3v) is 3.34. The van der Waals surface area contributed by atoms with Gasteiger partial charge in [0.25, 0.3) is 0 Å². The molecule has 0 bridgehead atoms. The maximum absolute atomic E-state index is 10.1. The van der Waals surface area contributed by atoms with Crippen molar-refractivity contribution in [3.63, 3.8) is 0 Å². The van der Waals surface area contributed by atoms with E-state index in [0.29, 0.717) is 12.7 Å². The van der Waals surface area contributed by atoms with Gasteiger partial charge in [0.2, 0.25) is 0 Å². The fourth-order valence-corrected chi connectivity index (χ4v) is 1.97. The van der Waals surface area contributed by atoms with Gasteiger partial charge in [0.1, 0.15) is 6.10 Å². The summed E-state index contributed by atoms with van der Waals surface area (Å²) in [4.78, 5) is 0. The maximum Gasteiger partial charge on any atom is 0.103 e. The highest BCUT2D eigenvalue weighted by Crippen LogP contribution is 2.25. The summed E-state index contributed by atoms with van der Waals surface area (Å²) in [6.45, 7) is 4.50. The molecule has 1 aromatic rings. The highest BCUT2D eigenvalue weighted by Gasteiger charge is 2.20. The first kappa shape index (κ1) is 11.6. The number of hydrogen-bond donors (Lipinski definition) is 1. The topological polar surface area (TPSA) is 29.5 Å². The van der Waals surface area contributed by atoms with Gasteiger partial charge in [-0.15, -0.1) is 0 Å². The van der Waals surface area contributed by atoms with Crippen LogP contribution >= 0.6 is 0 Å². The first-order valence-electron chi connectivity index (χ1n) is 6.03. The molecule has 2 heteroatoms. The molecule has 0 amide bonds. The molecule has 16 heavy (non-hydrogen) atoms. The van der Waals surface area contributed by atoms with Gasteiger partial charge >= 0.3 is 0 Å². The molecule has 2 nitrogen and oxygen atoms in total. The molecule has 1 unspecified atom stereocenters. The molecule has 0 saturated heterocycles. The van der Waals surface area contributed by atoms with Crippen molar-refractivity contribution in [1.29, 1.82) is 0 Å². The van der Waals surface area contributed by atoms with Crippen LogP contribution in [0.2, 0.25) is 0 Å². The van der Waals surface area contributed by atoms with Crippen molar-refractivity contribution in [2.45, 2.75) is 45.3 Å². The predicted octanol–water partition coefficient (Wildman–Crippen LogP) is 2.91. The van der Waals surface area contributed by atoms with E-state index >= 15 is 0 Å². The lowest BCUT2D eigenvalue weighted by atomic mass is 9.96. The second-order valence-electron chi connectivity index (χ2n) is 4.76. The number of ether oxygens (including phenoxy) is 1. The molecule has 2 rings (SSSR count). The lowest BCUT2D eigenvalue weighted by Gasteiger charge is -2.27. The SMILES string of the molecule is Cc1ccc(C)c(C(O)COC2CCC2)c1. The van der Waals surface area contributed by atoms with Crippen LogP contribution in [-0.2, 0) is 4.74 Å². The van der Waals surface area contributed by atoms with Gasteiger partial charge in [-0.05, 0) is 44.2 Å². The van der Waals surface area contributed by atoms with Crippen LogP contribution in [0.15, 0.2) is 18.2 Å². The Hall–Kier alpha value is -0.860. The monoisotopic (exact) mass is 220 g/mol. The quantitative estimate of drug-likeness (QED) is 0.845. The summed E-state index contributed by atoms with van der Waals surface area (Å²) in [5.74, 6) is 0. The Balaban J connectivity index is 1.95. The second-order valence-corrected chi connectivity index (χ2v) is 4.76. The van der Waals surface area contributed by atoms with Crippen LogP contribution in [0.4, 0.5) is 0 Å². The fourth-order valence-electron chi connectivity index (χ4n) is 1.97. The van der Waals surface area contributed by atoms with E-state index in [9.17, 15) is 5.11 Å². The first-order chi connectivity index (χ1) is 7.66. The van der Waals surface area contributed by atoms with E-state index in [4.69, 9.17) is 4.74 Å². The largest absolute Gasteiger partial charge is 0.386 e. The minimum absolute atomic E-state index is 0.389. The van der Waals surface area contributed by atoms with Crippen LogP contribution in [0.5, 0.6) is 0 Å². The molecular weight excluding hydrogens is 200 g/mol. The number of rotatable bonds is 4. The van der Waals surface area contributed by atoms with Crippen LogP contribution in [0.25, 0.3) is 0 Å². The van der Waals surface area contributed by atoms with Crippen molar-refractivity contribution in [3.8, 4) is 0 Å². The fraction of sp³-hybridized carbons (Fsp3) is 0.571. The zero-order valence-corrected chi connectivity index (χ0v) is 10.1. The third kappa shape index (κ3) is 2.63. The van der Waals surface area contributed by atoms with Gasteiger partial charge in [0, 0.05) is 0 Å². The van der Waals surface area contributed by atoms with Crippen LogP contribution in [-0.4, -0.2) is 17.8 Å². The normalized spacial score (nSPS) is 18.2. The molecule has 0 heterocycles. The van der Waals surface area contributed by atoms with E-state index in [0.717, 1.165) is 24.0 Å². The molecule has 1 atom stereocenters. The summed E-state index contributed by atoms with van der Waals surface area (Å²) < 4.78 is 5.64. The molecule has 88 valence electrons. The average molecular weight is 220 g/mol. The number of hydrogen-bond acceptors (Lipinski definition) is 2. The van der Waals surface area contributed by atoms with Gasteiger partial charge in [0.15, 0.2) is 0 Å². The third-order valence-electron chi connectivity index (χ3n) is 3.34. The molecular formula is C14H20O2. The lowest BCUT2D eigenvalue weighted by molar-refractivity contribution is -0.0428. The molecule has 1 aliphatic rings. The summed E-state index contributed by atoms with van der Waals surface area (Å²) in [5.41, 5.74) is 3.32. The second kappa shape index (κ2) is 4.98. The molecule has 0 aromatic heterocycles. The van der Waals surface area contributed by atoms with Gasteiger partial charge < -0.3 is 9.84 Å². The van der Waals surface area contributed by atoms with Gasteiger partial charge in [-0.3, -0.25) is 0 Å². The molecule has 0 aliphatic heterocycles. The average Bonchev–Trinajstić information content (AvgIpc) is 2.19. The highest BCUT2D eigenvalue weighted by atomic mass is 16.5. The van der Waals surface area contributed by atoms with E-state index in [-0.39, 0.29) is 0 Å². The lowest BCUT2D eigenvalue weighted by Crippen LogP contribution is -2.24.